The standard InChI is InChI=1S/C11H16N2O.C3H6O2/c1-12-10-6-4-5-9(7-8-14)11(10)13(2)3;1-2-3(4)5/h4-6,8,12H,7H2,1-3H3;2H2,1H3,(H,4,5). The van der Waals surface area contributed by atoms with Gasteiger partial charge in [-0.05, 0) is 11.6 Å². The van der Waals surface area contributed by atoms with Crippen molar-refractivity contribution in [1.82, 2.24) is 0 Å². The summed E-state index contributed by atoms with van der Waals surface area (Å²) in [4.78, 5) is 21.9. The second kappa shape index (κ2) is 8.97. The minimum atomic E-state index is -0.745. The molecule has 2 N–H and O–H groups in total. The number of carbonyl (C=O) groups excluding carboxylic acids is 1. The highest BCUT2D eigenvalue weighted by molar-refractivity contribution is 5.76. The number of nitrogens with one attached hydrogen (secondary N) is 1. The second-order valence-corrected chi connectivity index (χ2v) is 4.08. The largest absolute Gasteiger partial charge is 0.481 e. The van der Waals surface area contributed by atoms with Crippen molar-refractivity contribution in [2.75, 3.05) is 31.4 Å². The molecule has 0 saturated heterocycles. The van der Waals surface area contributed by atoms with Crippen LogP contribution in [-0.4, -0.2) is 38.5 Å². The minimum absolute atomic E-state index is 0.222. The lowest BCUT2D eigenvalue weighted by Gasteiger charge is -2.20. The lowest BCUT2D eigenvalue weighted by atomic mass is 10.1. The summed E-state index contributed by atoms with van der Waals surface area (Å²) in [5, 5.41) is 10.8. The van der Waals surface area contributed by atoms with E-state index in [9.17, 15) is 9.59 Å². The Balaban J connectivity index is 0.000000555. The molecule has 5 nitrogen and oxygen atoms in total. The molecule has 0 atom stereocenters. The molecule has 19 heavy (non-hydrogen) atoms. The summed E-state index contributed by atoms with van der Waals surface area (Å²) in [6.07, 6.45) is 1.62. The third-order valence-electron chi connectivity index (χ3n) is 2.44. The summed E-state index contributed by atoms with van der Waals surface area (Å²) in [6.45, 7) is 1.60. The van der Waals surface area contributed by atoms with Crippen LogP contribution in [0.5, 0.6) is 0 Å². The monoisotopic (exact) mass is 266 g/mol. The maximum absolute atomic E-state index is 10.5. The molecule has 0 aliphatic rings. The van der Waals surface area contributed by atoms with E-state index in [0.717, 1.165) is 23.2 Å². The Bertz CT molecular complexity index is 417. The van der Waals surface area contributed by atoms with Crippen LogP contribution in [0.2, 0.25) is 0 Å². The predicted molar refractivity (Wildman–Crippen MR) is 78.0 cm³/mol. The highest BCUT2D eigenvalue weighted by atomic mass is 16.4. The van der Waals surface area contributed by atoms with Crippen LogP contribution in [0.15, 0.2) is 18.2 Å². The van der Waals surface area contributed by atoms with Gasteiger partial charge in [-0.3, -0.25) is 4.79 Å². The molecule has 0 aromatic heterocycles. The van der Waals surface area contributed by atoms with Gasteiger partial charge in [0.2, 0.25) is 0 Å². The van der Waals surface area contributed by atoms with Gasteiger partial charge in [-0.2, -0.15) is 0 Å². The third-order valence-corrected chi connectivity index (χ3v) is 2.44. The molecule has 5 heteroatoms. The van der Waals surface area contributed by atoms with E-state index >= 15 is 0 Å². The Morgan fingerprint density at radius 2 is 2.00 bits per heavy atom. The van der Waals surface area contributed by atoms with E-state index in [1.165, 1.54) is 0 Å². The fourth-order valence-corrected chi connectivity index (χ4v) is 1.58. The molecule has 0 unspecified atom stereocenters. The van der Waals surface area contributed by atoms with E-state index in [1.807, 2.05) is 44.2 Å². The van der Waals surface area contributed by atoms with Crippen LogP contribution in [-0.2, 0) is 16.0 Å². The van der Waals surface area contributed by atoms with Gasteiger partial charge < -0.3 is 20.1 Å². The number of benzene rings is 1. The summed E-state index contributed by atoms with van der Waals surface area (Å²) in [5.41, 5.74) is 3.19. The molecule has 0 aliphatic heterocycles. The van der Waals surface area contributed by atoms with Crippen LogP contribution in [0.3, 0.4) is 0 Å². The molecule has 0 heterocycles. The lowest BCUT2D eigenvalue weighted by molar-refractivity contribution is -0.136. The molecule has 0 radical (unpaired) electrons. The van der Waals surface area contributed by atoms with Crippen LogP contribution < -0.4 is 10.2 Å². The number of para-hydroxylation sites is 1. The van der Waals surface area contributed by atoms with Crippen molar-refractivity contribution in [1.29, 1.82) is 0 Å². The summed E-state index contributed by atoms with van der Waals surface area (Å²) in [7, 11) is 5.84. The lowest BCUT2D eigenvalue weighted by Crippen LogP contribution is -2.13. The average molecular weight is 266 g/mol. The first-order chi connectivity index (χ1) is 8.97. The first kappa shape index (κ1) is 17.0. The first-order valence-electron chi connectivity index (χ1n) is 6.10. The number of carbonyl (C=O) groups is 2. The molecule has 106 valence electrons. The minimum Gasteiger partial charge on any atom is -0.481 e. The van der Waals surface area contributed by atoms with E-state index in [-0.39, 0.29) is 6.42 Å². The Hall–Kier alpha value is -2.04. The second-order valence-electron chi connectivity index (χ2n) is 4.08. The van der Waals surface area contributed by atoms with E-state index in [0.29, 0.717) is 6.42 Å². The number of hydrogen-bond acceptors (Lipinski definition) is 4. The highest BCUT2D eigenvalue weighted by Crippen LogP contribution is 2.28. The quantitative estimate of drug-likeness (QED) is 0.798. The third kappa shape index (κ3) is 5.90. The molecule has 1 rings (SSSR count). The highest BCUT2D eigenvalue weighted by Gasteiger charge is 2.08. The molecule has 0 fully saturated rings. The van der Waals surface area contributed by atoms with Gasteiger partial charge in [-0.25, -0.2) is 0 Å². The summed E-state index contributed by atoms with van der Waals surface area (Å²) >= 11 is 0. The molecule has 1 aromatic rings. The summed E-state index contributed by atoms with van der Waals surface area (Å²) < 4.78 is 0. The van der Waals surface area contributed by atoms with Gasteiger partial charge in [-0.1, -0.05) is 19.1 Å². The zero-order valence-corrected chi connectivity index (χ0v) is 11.9. The van der Waals surface area contributed by atoms with Crippen molar-refractivity contribution in [2.24, 2.45) is 0 Å². The molecule has 0 spiro atoms. The molecule has 1 aromatic carbocycles. The number of aldehydes is 1. The van der Waals surface area contributed by atoms with Crippen LogP contribution in [0.25, 0.3) is 0 Å². The van der Waals surface area contributed by atoms with E-state index < -0.39 is 5.97 Å². The van der Waals surface area contributed by atoms with Crippen LogP contribution in [0.1, 0.15) is 18.9 Å². The fourth-order valence-electron chi connectivity index (χ4n) is 1.58. The van der Waals surface area contributed by atoms with Crippen molar-refractivity contribution in [3.63, 3.8) is 0 Å². The number of aliphatic carboxylic acids is 1. The van der Waals surface area contributed by atoms with Crippen molar-refractivity contribution in [2.45, 2.75) is 19.8 Å². The number of nitrogens with zero attached hydrogens (tertiary/aromatic N) is 1. The SMILES string of the molecule is CCC(=O)O.CNc1cccc(CC=O)c1N(C)C. The Kier molecular flexibility index (Phi) is 8.00. The Morgan fingerprint density at radius 3 is 2.37 bits per heavy atom. The van der Waals surface area contributed by atoms with Crippen LogP contribution in [0.4, 0.5) is 11.4 Å². The van der Waals surface area contributed by atoms with Gasteiger partial charge in [0, 0.05) is 34.0 Å². The van der Waals surface area contributed by atoms with Crippen molar-refractivity contribution in [3.8, 4) is 0 Å². The van der Waals surface area contributed by atoms with E-state index in [4.69, 9.17) is 5.11 Å². The molecule has 0 saturated carbocycles. The van der Waals surface area contributed by atoms with Gasteiger partial charge in [-0.15, -0.1) is 0 Å². The number of carboxylic acid groups (broad SMARTS) is 1. The molecule has 0 bridgehead atoms. The van der Waals surface area contributed by atoms with Crippen molar-refractivity contribution >= 4 is 23.6 Å². The zero-order chi connectivity index (χ0) is 14.8. The molecular weight excluding hydrogens is 244 g/mol. The normalized spacial score (nSPS) is 9.05. The van der Waals surface area contributed by atoms with Crippen molar-refractivity contribution < 1.29 is 14.7 Å². The number of carboxylic acids is 1. The van der Waals surface area contributed by atoms with Gasteiger partial charge >= 0.3 is 5.97 Å². The summed E-state index contributed by atoms with van der Waals surface area (Å²) in [6, 6.07) is 5.94. The van der Waals surface area contributed by atoms with Crippen LogP contribution in [0, 0.1) is 0 Å². The van der Waals surface area contributed by atoms with Gasteiger partial charge in [0.05, 0.1) is 11.4 Å². The Labute approximate surface area is 114 Å². The molecular formula is C14H22N2O3. The average Bonchev–Trinajstić information content (AvgIpc) is 2.39. The van der Waals surface area contributed by atoms with Crippen molar-refractivity contribution in [3.05, 3.63) is 23.8 Å². The maximum Gasteiger partial charge on any atom is 0.303 e. The van der Waals surface area contributed by atoms with Gasteiger partial charge in [0.1, 0.15) is 6.29 Å². The smallest absolute Gasteiger partial charge is 0.303 e. The number of rotatable bonds is 5. The number of anilines is 2. The topological polar surface area (TPSA) is 69.6 Å². The molecule has 0 amide bonds. The Morgan fingerprint density at radius 1 is 1.42 bits per heavy atom. The first-order valence-corrected chi connectivity index (χ1v) is 6.10. The summed E-state index contributed by atoms with van der Waals surface area (Å²) in [5.74, 6) is -0.745. The maximum atomic E-state index is 10.5. The van der Waals surface area contributed by atoms with E-state index in [1.54, 1.807) is 6.92 Å². The van der Waals surface area contributed by atoms with Crippen LogP contribution >= 0.6 is 0 Å². The zero-order valence-electron chi connectivity index (χ0n) is 11.9. The van der Waals surface area contributed by atoms with Gasteiger partial charge in [0.25, 0.3) is 0 Å². The molecule has 0 aliphatic carbocycles. The van der Waals surface area contributed by atoms with Gasteiger partial charge in [0.15, 0.2) is 0 Å². The number of hydrogen-bond donors (Lipinski definition) is 2. The predicted octanol–water partition coefficient (Wildman–Crippen LogP) is 2.02. The van der Waals surface area contributed by atoms with E-state index in [2.05, 4.69) is 5.32 Å². The fraction of sp³-hybridized carbons (Fsp3) is 0.429.